The molecular formula is C14H18N2. The van der Waals surface area contributed by atoms with Crippen LogP contribution in [0.15, 0.2) is 18.2 Å². The van der Waals surface area contributed by atoms with E-state index in [1.54, 1.807) is 0 Å². The lowest BCUT2D eigenvalue weighted by atomic mass is 9.56. The van der Waals surface area contributed by atoms with Crippen molar-refractivity contribution in [3.8, 4) is 6.07 Å². The molecule has 0 amide bonds. The quantitative estimate of drug-likeness (QED) is 0.781. The molecule has 84 valence electrons. The van der Waals surface area contributed by atoms with Gasteiger partial charge in [-0.3, -0.25) is 0 Å². The van der Waals surface area contributed by atoms with Crippen molar-refractivity contribution in [2.24, 2.45) is 11.1 Å². The minimum absolute atomic E-state index is 0.231. The normalized spacial score (nSPS) is 32.9. The summed E-state index contributed by atoms with van der Waals surface area (Å²) >= 11 is 0. The third-order valence-corrected chi connectivity index (χ3v) is 3.82. The van der Waals surface area contributed by atoms with Gasteiger partial charge in [-0.2, -0.15) is 5.26 Å². The molecule has 2 heteroatoms. The molecule has 16 heavy (non-hydrogen) atoms. The van der Waals surface area contributed by atoms with Crippen LogP contribution in [-0.4, -0.2) is 0 Å². The van der Waals surface area contributed by atoms with Crippen LogP contribution in [0.5, 0.6) is 0 Å². The Hall–Kier alpha value is -1.33. The van der Waals surface area contributed by atoms with Crippen molar-refractivity contribution in [1.82, 2.24) is 0 Å². The summed E-state index contributed by atoms with van der Waals surface area (Å²) in [4.78, 5) is 0. The Morgan fingerprint density at radius 3 is 2.50 bits per heavy atom. The van der Waals surface area contributed by atoms with Crippen molar-refractivity contribution < 1.29 is 0 Å². The zero-order valence-corrected chi connectivity index (χ0v) is 10.2. The van der Waals surface area contributed by atoms with Crippen LogP contribution in [0.3, 0.4) is 0 Å². The van der Waals surface area contributed by atoms with E-state index < -0.39 is 0 Å². The van der Waals surface area contributed by atoms with E-state index in [4.69, 9.17) is 11.0 Å². The molecule has 2 rings (SSSR count). The predicted molar refractivity (Wildman–Crippen MR) is 64.7 cm³/mol. The fourth-order valence-electron chi connectivity index (χ4n) is 2.90. The van der Waals surface area contributed by atoms with Gasteiger partial charge in [0.05, 0.1) is 11.5 Å². The van der Waals surface area contributed by atoms with Crippen LogP contribution in [0.1, 0.15) is 36.5 Å². The molecule has 0 bridgehead atoms. The van der Waals surface area contributed by atoms with Gasteiger partial charge in [-0.15, -0.1) is 0 Å². The van der Waals surface area contributed by atoms with Crippen molar-refractivity contribution in [2.75, 3.05) is 0 Å². The Balaban J connectivity index is 2.35. The Labute approximate surface area is 97.1 Å². The lowest BCUT2D eigenvalue weighted by Gasteiger charge is -2.49. The SMILES string of the molecule is Cc1cccc(C2(N)CC(C)(C#N)C2)c1C. The molecule has 2 N–H and O–H groups in total. The Bertz CT molecular complexity index is 462. The van der Waals surface area contributed by atoms with Crippen molar-refractivity contribution in [2.45, 2.75) is 39.2 Å². The van der Waals surface area contributed by atoms with Crippen LogP contribution in [0.4, 0.5) is 0 Å². The summed E-state index contributed by atoms with van der Waals surface area (Å²) < 4.78 is 0. The van der Waals surface area contributed by atoms with Gasteiger partial charge in [0.15, 0.2) is 0 Å². The second-order valence-electron chi connectivity index (χ2n) is 5.43. The highest BCUT2D eigenvalue weighted by atomic mass is 14.8. The summed E-state index contributed by atoms with van der Waals surface area (Å²) in [5, 5.41) is 9.04. The van der Waals surface area contributed by atoms with Gasteiger partial charge in [0.2, 0.25) is 0 Å². The van der Waals surface area contributed by atoms with Gasteiger partial charge in [-0.05, 0) is 50.3 Å². The minimum Gasteiger partial charge on any atom is -0.321 e. The third kappa shape index (κ3) is 1.52. The lowest BCUT2D eigenvalue weighted by molar-refractivity contribution is 0.0972. The number of nitrogens with two attached hydrogens (primary N) is 1. The second-order valence-corrected chi connectivity index (χ2v) is 5.43. The molecular weight excluding hydrogens is 196 g/mol. The summed E-state index contributed by atoms with van der Waals surface area (Å²) in [5.41, 5.74) is 9.62. The first kappa shape index (κ1) is 11.2. The highest BCUT2D eigenvalue weighted by molar-refractivity contribution is 5.41. The monoisotopic (exact) mass is 214 g/mol. The number of benzene rings is 1. The molecule has 0 radical (unpaired) electrons. The zero-order chi connectivity index (χ0) is 12.0. The van der Waals surface area contributed by atoms with E-state index >= 15 is 0 Å². The summed E-state index contributed by atoms with van der Waals surface area (Å²) in [6.45, 7) is 6.20. The zero-order valence-electron chi connectivity index (χ0n) is 10.2. The van der Waals surface area contributed by atoms with Crippen molar-refractivity contribution in [1.29, 1.82) is 5.26 Å². The van der Waals surface area contributed by atoms with Gasteiger partial charge >= 0.3 is 0 Å². The maximum atomic E-state index is 9.04. The van der Waals surface area contributed by atoms with Crippen LogP contribution in [-0.2, 0) is 5.54 Å². The fourth-order valence-corrected chi connectivity index (χ4v) is 2.90. The maximum Gasteiger partial charge on any atom is 0.0688 e. The summed E-state index contributed by atoms with van der Waals surface area (Å²) in [6, 6.07) is 8.60. The lowest BCUT2D eigenvalue weighted by Crippen LogP contribution is -2.54. The Morgan fingerprint density at radius 2 is 1.94 bits per heavy atom. The van der Waals surface area contributed by atoms with Gasteiger partial charge in [0.1, 0.15) is 0 Å². The van der Waals surface area contributed by atoms with Crippen LogP contribution in [0.2, 0.25) is 0 Å². The van der Waals surface area contributed by atoms with Crippen LogP contribution >= 0.6 is 0 Å². The molecule has 0 saturated heterocycles. The van der Waals surface area contributed by atoms with Gasteiger partial charge < -0.3 is 5.73 Å². The first-order valence-corrected chi connectivity index (χ1v) is 5.67. The Kier molecular flexibility index (Phi) is 2.32. The van der Waals surface area contributed by atoms with E-state index in [1.165, 1.54) is 16.7 Å². The first-order valence-electron chi connectivity index (χ1n) is 5.67. The van der Waals surface area contributed by atoms with E-state index in [-0.39, 0.29) is 11.0 Å². The van der Waals surface area contributed by atoms with Crippen molar-refractivity contribution in [3.05, 3.63) is 34.9 Å². The molecule has 0 heterocycles. The molecule has 1 aromatic rings. The van der Waals surface area contributed by atoms with E-state index in [0.717, 1.165) is 12.8 Å². The number of aryl methyl sites for hydroxylation is 1. The number of hydrogen-bond donors (Lipinski definition) is 1. The second kappa shape index (κ2) is 3.33. The third-order valence-electron chi connectivity index (χ3n) is 3.82. The average molecular weight is 214 g/mol. The molecule has 1 aliphatic carbocycles. The maximum absolute atomic E-state index is 9.04. The molecule has 1 aliphatic rings. The number of nitriles is 1. The van der Waals surface area contributed by atoms with E-state index in [9.17, 15) is 0 Å². The first-order chi connectivity index (χ1) is 7.40. The summed E-state index contributed by atoms with van der Waals surface area (Å²) in [6.07, 6.45) is 1.53. The molecule has 1 saturated carbocycles. The number of rotatable bonds is 1. The summed E-state index contributed by atoms with van der Waals surface area (Å²) in [5.74, 6) is 0. The van der Waals surface area contributed by atoms with Gasteiger partial charge in [0.25, 0.3) is 0 Å². The van der Waals surface area contributed by atoms with Gasteiger partial charge in [0, 0.05) is 5.54 Å². The standard InChI is InChI=1S/C14H18N2/c1-10-5-4-6-12(11(10)2)14(16)7-13(3,8-14)9-15/h4-6H,7-8,16H2,1-3H3. The van der Waals surface area contributed by atoms with Crippen molar-refractivity contribution in [3.63, 3.8) is 0 Å². The largest absolute Gasteiger partial charge is 0.321 e. The highest BCUT2D eigenvalue weighted by Crippen LogP contribution is 2.52. The van der Waals surface area contributed by atoms with Gasteiger partial charge in [-0.25, -0.2) is 0 Å². The molecule has 1 aromatic carbocycles. The molecule has 0 atom stereocenters. The van der Waals surface area contributed by atoms with Crippen LogP contribution in [0.25, 0.3) is 0 Å². The molecule has 0 aromatic heterocycles. The highest BCUT2D eigenvalue weighted by Gasteiger charge is 2.51. The van der Waals surface area contributed by atoms with E-state index in [0.29, 0.717) is 0 Å². The Morgan fingerprint density at radius 1 is 1.31 bits per heavy atom. The predicted octanol–water partition coefficient (Wildman–Crippen LogP) is 2.78. The summed E-state index contributed by atoms with van der Waals surface area (Å²) in [7, 11) is 0. The smallest absolute Gasteiger partial charge is 0.0688 e. The molecule has 0 unspecified atom stereocenters. The fraction of sp³-hybridized carbons (Fsp3) is 0.500. The van der Waals surface area contributed by atoms with Crippen molar-refractivity contribution >= 4 is 0 Å². The van der Waals surface area contributed by atoms with E-state index in [1.807, 2.05) is 13.0 Å². The van der Waals surface area contributed by atoms with Crippen LogP contribution in [0, 0.1) is 30.6 Å². The van der Waals surface area contributed by atoms with Gasteiger partial charge in [-0.1, -0.05) is 18.2 Å². The molecule has 0 spiro atoms. The molecule has 0 aliphatic heterocycles. The van der Waals surface area contributed by atoms with Crippen LogP contribution < -0.4 is 5.73 Å². The van der Waals surface area contributed by atoms with E-state index in [2.05, 4.69) is 32.0 Å². The molecule has 1 fully saturated rings. The minimum atomic E-state index is -0.291. The molecule has 2 nitrogen and oxygen atoms in total. The number of nitrogens with zero attached hydrogens (tertiary/aromatic N) is 1. The number of hydrogen-bond acceptors (Lipinski definition) is 2. The topological polar surface area (TPSA) is 49.8 Å². The average Bonchev–Trinajstić information content (AvgIpc) is 2.19.